The Labute approximate surface area is 132 Å². The minimum absolute atomic E-state index is 0.363. The lowest BCUT2D eigenvalue weighted by atomic mass is 10.1. The van der Waals surface area contributed by atoms with Crippen molar-refractivity contribution >= 4 is 28.6 Å². The Morgan fingerprint density at radius 2 is 2.29 bits per heavy atom. The summed E-state index contributed by atoms with van der Waals surface area (Å²) in [4.78, 5) is 5.51. The molecule has 106 valence electrons. The third-order valence-corrected chi connectivity index (χ3v) is 5.18. The largest absolute Gasteiger partial charge is 0.378 e. The molecule has 1 aliphatic rings. The third-order valence-electron chi connectivity index (χ3n) is 3.84. The molecule has 0 bridgehead atoms. The van der Waals surface area contributed by atoms with Gasteiger partial charge in [0.25, 0.3) is 0 Å². The maximum Gasteiger partial charge on any atom is 0.0991 e. The zero-order valence-electron chi connectivity index (χ0n) is 11.3. The summed E-state index contributed by atoms with van der Waals surface area (Å²) >= 11 is 7.83. The Morgan fingerprint density at radius 3 is 3.14 bits per heavy atom. The highest BCUT2D eigenvalue weighted by Gasteiger charge is 2.24. The van der Waals surface area contributed by atoms with E-state index in [1.54, 1.807) is 17.5 Å². The molecule has 21 heavy (non-hydrogen) atoms. The number of nitrogens with one attached hydrogen (secondary N) is 1. The summed E-state index contributed by atoms with van der Waals surface area (Å²) in [5.74, 6) is 0. The third kappa shape index (κ3) is 2.45. The number of imidazole rings is 1. The fourth-order valence-electron chi connectivity index (χ4n) is 2.85. The molecule has 1 N–H and O–H groups in total. The van der Waals surface area contributed by atoms with Gasteiger partial charge in [-0.2, -0.15) is 0 Å². The summed E-state index contributed by atoms with van der Waals surface area (Å²) in [6.45, 7) is 0. The maximum atomic E-state index is 6.12. The summed E-state index contributed by atoms with van der Waals surface area (Å²) < 4.78 is 2.89. The topological polar surface area (TPSA) is 29.9 Å². The van der Waals surface area contributed by atoms with Crippen LogP contribution in [0.1, 0.15) is 22.9 Å². The predicted molar refractivity (Wildman–Crippen MR) is 87.6 cm³/mol. The van der Waals surface area contributed by atoms with E-state index < -0.39 is 0 Å². The smallest absolute Gasteiger partial charge is 0.0991 e. The molecule has 0 radical (unpaired) electrons. The molecule has 0 saturated heterocycles. The monoisotopic (exact) mass is 315 g/mol. The Hall–Kier alpha value is -1.78. The van der Waals surface area contributed by atoms with E-state index in [2.05, 4.69) is 40.6 Å². The second-order valence-corrected chi connectivity index (χ2v) is 6.95. The normalized spacial score (nSPS) is 16.9. The van der Waals surface area contributed by atoms with Crippen LogP contribution in [0.5, 0.6) is 0 Å². The van der Waals surface area contributed by atoms with Crippen molar-refractivity contribution in [2.45, 2.75) is 18.9 Å². The lowest BCUT2D eigenvalue weighted by Gasteiger charge is -2.15. The Kier molecular flexibility index (Phi) is 3.20. The molecule has 1 aliphatic carbocycles. The van der Waals surface area contributed by atoms with Crippen LogP contribution in [0.4, 0.5) is 5.69 Å². The number of rotatable bonds is 3. The van der Waals surface area contributed by atoms with Crippen LogP contribution in [0, 0.1) is 0 Å². The zero-order valence-corrected chi connectivity index (χ0v) is 12.9. The number of halogens is 1. The van der Waals surface area contributed by atoms with Gasteiger partial charge in [0.15, 0.2) is 0 Å². The quantitative estimate of drug-likeness (QED) is 0.760. The second kappa shape index (κ2) is 5.20. The highest BCUT2D eigenvalue weighted by Crippen LogP contribution is 2.40. The minimum atomic E-state index is 0.363. The van der Waals surface area contributed by atoms with E-state index >= 15 is 0 Å². The fraction of sp³-hybridized carbons (Fsp3) is 0.188. The molecule has 0 spiro atoms. The first kappa shape index (κ1) is 12.9. The van der Waals surface area contributed by atoms with Crippen molar-refractivity contribution in [3.05, 3.63) is 63.8 Å². The number of thiophene rings is 1. The van der Waals surface area contributed by atoms with E-state index in [-0.39, 0.29) is 0 Å². The standard InChI is InChI=1S/C16H14ClN3S/c17-16-9-13-14(4-5-15(13)21-16)19-11-2-1-3-12(8-11)20-7-6-18-10-20/h1-3,6-10,14,19H,4-5H2. The van der Waals surface area contributed by atoms with Gasteiger partial charge >= 0.3 is 0 Å². The van der Waals surface area contributed by atoms with Gasteiger partial charge in [-0.25, -0.2) is 4.98 Å². The summed E-state index contributed by atoms with van der Waals surface area (Å²) in [6.07, 6.45) is 7.80. The summed E-state index contributed by atoms with van der Waals surface area (Å²) in [6, 6.07) is 10.9. The first-order valence-corrected chi connectivity index (χ1v) is 8.12. The van der Waals surface area contributed by atoms with Crippen LogP contribution in [0.15, 0.2) is 49.1 Å². The van der Waals surface area contributed by atoms with E-state index in [4.69, 9.17) is 11.6 Å². The molecule has 3 aromatic rings. The van der Waals surface area contributed by atoms with Gasteiger partial charge in [0.05, 0.1) is 16.7 Å². The molecule has 0 fully saturated rings. The highest BCUT2D eigenvalue weighted by atomic mass is 35.5. The van der Waals surface area contributed by atoms with E-state index in [9.17, 15) is 0 Å². The molecule has 0 aliphatic heterocycles. The zero-order chi connectivity index (χ0) is 14.2. The molecule has 0 saturated carbocycles. The van der Waals surface area contributed by atoms with Crippen LogP contribution in [-0.4, -0.2) is 9.55 Å². The van der Waals surface area contributed by atoms with Gasteiger partial charge in [0.1, 0.15) is 0 Å². The van der Waals surface area contributed by atoms with Gasteiger partial charge in [-0.05, 0) is 42.7 Å². The maximum absolute atomic E-state index is 6.12. The van der Waals surface area contributed by atoms with Gasteiger partial charge in [0.2, 0.25) is 0 Å². The van der Waals surface area contributed by atoms with Gasteiger partial charge < -0.3 is 9.88 Å². The molecule has 0 amide bonds. The lowest BCUT2D eigenvalue weighted by Crippen LogP contribution is -2.06. The Balaban J connectivity index is 1.59. The number of benzene rings is 1. The predicted octanol–water partition coefficient (Wildman–Crippen LogP) is 4.69. The van der Waals surface area contributed by atoms with Crippen LogP contribution >= 0.6 is 22.9 Å². The fourth-order valence-corrected chi connectivity index (χ4v) is 4.21. The number of fused-ring (bicyclic) bond motifs is 1. The van der Waals surface area contributed by atoms with Crippen LogP contribution in [0.2, 0.25) is 4.34 Å². The van der Waals surface area contributed by atoms with Crippen LogP contribution < -0.4 is 5.32 Å². The van der Waals surface area contributed by atoms with Crippen LogP contribution in [0.3, 0.4) is 0 Å². The highest BCUT2D eigenvalue weighted by molar-refractivity contribution is 7.16. The van der Waals surface area contributed by atoms with Crippen molar-refractivity contribution in [1.29, 1.82) is 0 Å². The first-order chi connectivity index (χ1) is 10.3. The van der Waals surface area contributed by atoms with Gasteiger partial charge in [-0.3, -0.25) is 0 Å². The molecule has 4 rings (SSSR count). The number of nitrogens with zero attached hydrogens (tertiary/aromatic N) is 2. The summed E-state index contributed by atoms with van der Waals surface area (Å²) in [5.41, 5.74) is 3.60. The Morgan fingerprint density at radius 1 is 1.33 bits per heavy atom. The lowest BCUT2D eigenvalue weighted by molar-refractivity contribution is 0.762. The second-order valence-electron chi connectivity index (χ2n) is 5.18. The molecule has 1 aromatic carbocycles. The number of anilines is 1. The average molecular weight is 316 g/mol. The number of aromatic nitrogens is 2. The summed E-state index contributed by atoms with van der Waals surface area (Å²) in [5, 5.41) is 3.63. The van der Waals surface area contributed by atoms with Crippen molar-refractivity contribution in [2.75, 3.05) is 5.32 Å². The van der Waals surface area contributed by atoms with Crippen molar-refractivity contribution in [3.8, 4) is 5.69 Å². The van der Waals surface area contributed by atoms with E-state index in [0.29, 0.717) is 6.04 Å². The van der Waals surface area contributed by atoms with E-state index in [0.717, 1.165) is 28.6 Å². The van der Waals surface area contributed by atoms with Crippen molar-refractivity contribution in [1.82, 2.24) is 9.55 Å². The molecular weight excluding hydrogens is 302 g/mol. The van der Waals surface area contributed by atoms with Gasteiger partial charge in [-0.1, -0.05) is 17.7 Å². The molecule has 2 heterocycles. The van der Waals surface area contributed by atoms with E-state index in [1.165, 1.54) is 10.4 Å². The number of hydrogen-bond donors (Lipinski definition) is 1. The molecule has 5 heteroatoms. The van der Waals surface area contributed by atoms with Crippen LogP contribution in [-0.2, 0) is 6.42 Å². The van der Waals surface area contributed by atoms with Gasteiger partial charge in [-0.15, -0.1) is 11.3 Å². The number of hydrogen-bond acceptors (Lipinski definition) is 3. The minimum Gasteiger partial charge on any atom is -0.378 e. The molecular formula is C16H14ClN3S. The number of aryl methyl sites for hydroxylation is 1. The van der Waals surface area contributed by atoms with Crippen molar-refractivity contribution in [3.63, 3.8) is 0 Å². The SMILES string of the molecule is Clc1cc2c(s1)CCC2Nc1cccc(-n2ccnc2)c1. The molecule has 1 unspecified atom stereocenters. The molecule has 1 atom stereocenters. The van der Waals surface area contributed by atoms with E-state index in [1.807, 2.05) is 17.1 Å². The summed E-state index contributed by atoms with van der Waals surface area (Å²) in [7, 11) is 0. The van der Waals surface area contributed by atoms with Crippen molar-refractivity contribution < 1.29 is 0 Å². The molecule has 2 aromatic heterocycles. The first-order valence-electron chi connectivity index (χ1n) is 6.92. The van der Waals surface area contributed by atoms with Gasteiger partial charge in [0, 0.05) is 28.6 Å². The van der Waals surface area contributed by atoms with Crippen LogP contribution in [0.25, 0.3) is 5.69 Å². The Bertz CT molecular complexity index is 764. The average Bonchev–Trinajstić information content (AvgIpc) is 3.18. The molecule has 3 nitrogen and oxygen atoms in total. The van der Waals surface area contributed by atoms with Crippen molar-refractivity contribution in [2.24, 2.45) is 0 Å².